The van der Waals surface area contributed by atoms with Gasteiger partial charge in [-0.25, -0.2) is 0 Å². The van der Waals surface area contributed by atoms with Crippen molar-refractivity contribution in [3.63, 3.8) is 0 Å². The van der Waals surface area contributed by atoms with Gasteiger partial charge in [-0.15, -0.1) is 121 Å². The molecule has 63 heavy (non-hydrogen) atoms. The number of hydrogen-bond donors (Lipinski definition) is 0. The lowest BCUT2D eigenvalue weighted by Gasteiger charge is -1.96. The highest BCUT2D eigenvalue weighted by molar-refractivity contribution is 7.98. The van der Waals surface area contributed by atoms with E-state index in [0.717, 1.165) is 11.4 Å². The first-order valence-corrected chi connectivity index (χ1v) is 30.2. The van der Waals surface area contributed by atoms with Gasteiger partial charge in [-0.2, -0.15) is 0 Å². The van der Waals surface area contributed by atoms with Crippen molar-refractivity contribution in [1.29, 1.82) is 0 Å². The number of aryl methyl sites for hydroxylation is 2. The van der Waals surface area contributed by atoms with Crippen LogP contribution in [0.5, 0.6) is 0 Å². The van der Waals surface area contributed by atoms with Crippen LogP contribution < -0.4 is 0 Å². The number of hydrogen-bond acceptors (Lipinski definition) is 15. The van der Waals surface area contributed by atoms with Crippen molar-refractivity contribution in [2.45, 2.75) is 87.8 Å². The van der Waals surface area contributed by atoms with Crippen LogP contribution in [0.1, 0.15) is 75.0 Å². The van der Waals surface area contributed by atoms with E-state index in [1.165, 1.54) is 186 Å². The van der Waals surface area contributed by atoms with Crippen LogP contribution in [0.3, 0.4) is 0 Å². The smallest absolute Gasteiger partial charge is 0.106 e. The Morgan fingerprint density at radius 2 is 0.683 bits per heavy atom. The van der Waals surface area contributed by atoms with Crippen LogP contribution in [0.4, 0.5) is 11.4 Å². The second-order valence-electron chi connectivity index (χ2n) is 15.4. The van der Waals surface area contributed by atoms with E-state index in [2.05, 4.69) is 118 Å². The molecule has 0 saturated heterocycles. The Hall–Kier alpha value is -2.80. The molecule has 0 saturated carbocycles. The zero-order valence-corrected chi connectivity index (χ0v) is 43.4. The van der Waals surface area contributed by atoms with E-state index in [-0.39, 0.29) is 0 Å². The Labute approximate surface area is 412 Å². The lowest BCUT2D eigenvalue weighted by molar-refractivity contribution is 0.670. The maximum atomic E-state index is 4.66. The van der Waals surface area contributed by atoms with E-state index in [1.54, 1.807) is 0 Å². The predicted molar refractivity (Wildman–Crippen MR) is 287 cm³/mol. The van der Waals surface area contributed by atoms with Crippen LogP contribution in [0.2, 0.25) is 0 Å². The Bertz CT molecular complexity index is 2890. The van der Waals surface area contributed by atoms with Crippen LogP contribution in [-0.2, 0) is 12.8 Å². The van der Waals surface area contributed by atoms with Crippen LogP contribution in [0.25, 0.3) is 78.0 Å². The molecule has 0 aliphatic carbocycles. The minimum Gasteiger partial charge on any atom is -0.142 e. The van der Waals surface area contributed by atoms with Crippen LogP contribution in [0, 0.1) is 0 Å². The van der Waals surface area contributed by atoms with E-state index in [1.807, 2.05) is 102 Å². The fourth-order valence-electron chi connectivity index (χ4n) is 7.69. The molecule has 0 atom stereocenters. The monoisotopic (exact) mass is 1020 g/mol. The van der Waals surface area contributed by atoms with E-state index >= 15 is 0 Å². The molecule has 0 N–H and O–H groups in total. The number of nitrogens with zero attached hydrogens (tertiary/aromatic N) is 4. The second kappa shape index (κ2) is 19.2. The van der Waals surface area contributed by atoms with Gasteiger partial charge in [0, 0.05) is 92.2 Å². The van der Waals surface area contributed by atoms with Crippen LogP contribution in [-0.4, -0.2) is 0 Å². The number of fused-ring (bicyclic) bond motifs is 6. The van der Waals surface area contributed by atoms with Crippen molar-refractivity contribution >= 4 is 137 Å². The molecule has 0 fully saturated rings. The minimum atomic E-state index is 0.976. The van der Waals surface area contributed by atoms with Crippen LogP contribution >= 0.6 is 126 Å². The van der Waals surface area contributed by atoms with Crippen molar-refractivity contribution in [2.75, 3.05) is 0 Å². The Morgan fingerprint density at radius 1 is 0.333 bits per heavy atom. The first kappa shape index (κ1) is 42.8. The molecule has 2 aliphatic heterocycles. The molecule has 318 valence electrons. The summed E-state index contributed by atoms with van der Waals surface area (Å²) in [6.07, 6.45) is 12.8. The fraction of sp³-hybridized carbons (Fsp3) is 0.250. The Balaban J connectivity index is 0.786. The third-order valence-electron chi connectivity index (χ3n) is 11.0. The summed E-state index contributed by atoms with van der Waals surface area (Å²) in [5.41, 5.74) is 1.95. The minimum absolute atomic E-state index is 0.976. The van der Waals surface area contributed by atoms with Gasteiger partial charge in [-0.05, 0) is 111 Å². The highest BCUT2D eigenvalue weighted by atomic mass is 32.2. The third kappa shape index (κ3) is 9.06. The molecule has 0 spiro atoms. The second-order valence-corrected chi connectivity index (χ2v) is 26.8. The summed E-state index contributed by atoms with van der Waals surface area (Å²) >= 11 is 20.0. The first-order chi connectivity index (χ1) is 31.1. The summed E-state index contributed by atoms with van der Waals surface area (Å²) in [6, 6.07) is 32.1. The molecular weight excluding hydrogens is 985 g/mol. The van der Waals surface area contributed by atoms with Crippen molar-refractivity contribution in [2.24, 2.45) is 19.3 Å². The van der Waals surface area contributed by atoms with Crippen molar-refractivity contribution in [3.05, 3.63) is 94.7 Å². The zero-order chi connectivity index (χ0) is 42.3. The number of thiophene rings is 9. The molecule has 9 aromatic heterocycles. The van der Waals surface area contributed by atoms with Gasteiger partial charge in [0.25, 0.3) is 0 Å². The van der Waals surface area contributed by atoms with E-state index < -0.39 is 0 Å². The van der Waals surface area contributed by atoms with Gasteiger partial charge in [0.1, 0.15) is 11.4 Å². The highest BCUT2D eigenvalue weighted by Gasteiger charge is 2.25. The van der Waals surface area contributed by atoms with Crippen molar-refractivity contribution in [1.82, 2.24) is 0 Å². The molecule has 0 unspecified atom stereocenters. The van der Waals surface area contributed by atoms with Gasteiger partial charge in [0.15, 0.2) is 0 Å². The number of rotatable bonds is 16. The van der Waals surface area contributed by atoms with Gasteiger partial charge in [0.2, 0.25) is 0 Å². The highest BCUT2D eigenvalue weighted by Crippen LogP contribution is 2.57. The summed E-state index contributed by atoms with van der Waals surface area (Å²) in [4.78, 5) is 26.1. The van der Waals surface area contributed by atoms with Gasteiger partial charge < -0.3 is 0 Å². The van der Waals surface area contributed by atoms with Gasteiger partial charge >= 0.3 is 0 Å². The summed E-state index contributed by atoms with van der Waals surface area (Å²) in [6.45, 7) is 4.55. The largest absolute Gasteiger partial charge is 0.142 e. The lowest BCUT2D eigenvalue weighted by Crippen LogP contribution is -1.80. The molecule has 11 heterocycles. The van der Waals surface area contributed by atoms with Crippen LogP contribution in [0.15, 0.2) is 114 Å². The number of unbranched alkanes of at least 4 members (excludes halogenated alkanes) is 6. The molecule has 4 nitrogen and oxygen atoms in total. The molecule has 0 radical (unpaired) electrons. The molecular formula is C48H40N4S11. The summed E-state index contributed by atoms with van der Waals surface area (Å²) in [5.74, 6) is 0. The SMILES string of the molecule is CCCCCCc1ccc(-c2cc3c(s2)-c2sc(-c4ccc(-c5ccc(-c6ccc(-c7cc8c(s7)-c7sc(-c9ccc(CCCCCC)s9)cc7SN=N8)s6)s5)s4)cc2N=NS3)s1. The molecule has 0 amide bonds. The molecule has 0 bridgehead atoms. The molecule has 9 aromatic rings. The van der Waals surface area contributed by atoms with Gasteiger partial charge in [-0.1, -0.05) is 52.4 Å². The Kier molecular flexibility index (Phi) is 13.0. The third-order valence-corrected chi connectivity index (χ3v) is 24.2. The summed E-state index contributed by atoms with van der Waals surface area (Å²) in [7, 11) is 0. The predicted octanol–water partition coefficient (Wildman–Crippen LogP) is 22.0. The fourth-order valence-corrected chi connectivity index (χ4v) is 19.8. The zero-order valence-electron chi connectivity index (χ0n) is 34.4. The molecule has 11 rings (SSSR count). The average Bonchev–Trinajstić information content (AvgIpc) is 4.13. The van der Waals surface area contributed by atoms with E-state index in [9.17, 15) is 0 Å². The average molecular weight is 1030 g/mol. The standard InChI is InChI=1S/C48H40N4S11/c1-3-5-7-9-11-27-13-15-35(53-27)41-25-43-47(60-41)45-29(49-51-62-43)23-39(58-45)37-21-19-33(56-37)31-17-18-32(55-31)34-20-22-38(57-34)40-24-30-46(59-40)48-44(63-52-50-30)26-42(61-48)36-16-14-28(54-36)12-10-8-6-4-2/h13-26H,3-12H2,1-2H3. The maximum Gasteiger partial charge on any atom is 0.106 e. The van der Waals surface area contributed by atoms with Crippen molar-refractivity contribution < 1.29 is 0 Å². The van der Waals surface area contributed by atoms with E-state index in [4.69, 9.17) is 0 Å². The maximum absolute atomic E-state index is 4.66. The van der Waals surface area contributed by atoms with Gasteiger partial charge in [-0.3, -0.25) is 0 Å². The quantitative estimate of drug-likeness (QED) is 0.0715. The molecule has 15 heteroatoms. The molecule has 2 aliphatic rings. The molecule has 0 aromatic carbocycles. The van der Waals surface area contributed by atoms with Gasteiger partial charge in [0.05, 0.1) is 29.3 Å². The van der Waals surface area contributed by atoms with E-state index in [0.29, 0.717) is 0 Å². The van der Waals surface area contributed by atoms with Crippen molar-refractivity contribution in [3.8, 4) is 78.0 Å². The first-order valence-electron chi connectivity index (χ1n) is 21.3. The summed E-state index contributed by atoms with van der Waals surface area (Å²) in [5, 5.41) is 9.33. The summed E-state index contributed by atoms with van der Waals surface area (Å²) < 4.78 is 9.09. The Morgan fingerprint density at radius 3 is 1.10 bits per heavy atom. The normalized spacial score (nSPS) is 13.0. The topological polar surface area (TPSA) is 49.4 Å². The lowest BCUT2D eigenvalue weighted by atomic mass is 10.1.